The molecule has 0 aliphatic carbocycles. The average Bonchev–Trinajstić information content (AvgIpc) is 2.53. The van der Waals surface area contributed by atoms with E-state index in [1.54, 1.807) is 32.7 Å². The Hall–Kier alpha value is -2.43. The van der Waals surface area contributed by atoms with Crippen molar-refractivity contribution < 1.29 is 9.47 Å². The van der Waals surface area contributed by atoms with Gasteiger partial charge in [0.15, 0.2) is 11.5 Å². The van der Waals surface area contributed by atoms with Crippen molar-refractivity contribution in [2.75, 3.05) is 38.4 Å². The topological polar surface area (TPSA) is 60.6 Å². The number of nitrogens with zero attached hydrogens (tertiary/aromatic N) is 2. The van der Waals surface area contributed by atoms with Crippen LogP contribution in [-0.2, 0) is 6.42 Å². The molecule has 5 nitrogen and oxygen atoms in total. The molecule has 2 N–H and O–H groups in total. The summed E-state index contributed by atoms with van der Waals surface area (Å²) in [6.45, 7) is 0.851. The molecule has 0 atom stereocenters. The zero-order chi connectivity index (χ0) is 15.2. The summed E-state index contributed by atoms with van der Waals surface area (Å²) in [5, 5.41) is 0. The molecule has 1 aromatic heterocycles. The highest BCUT2D eigenvalue weighted by Crippen LogP contribution is 2.36. The van der Waals surface area contributed by atoms with Gasteiger partial charge in [0.05, 0.1) is 25.6 Å². The van der Waals surface area contributed by atoms with Crippen molar-refractivity contribution in [3.05, 3.63) is 42.2 Å². The van der Waals surface area contributed by atoms with Crippen LogP contribution >= 0.6 is 0 Å². The van der Waals surface area contributed by atoms with E-state index in [1.807, 2.05) is 25.2 Å². The fraction of sp³-hybridized carbons (Fsp3) is 0.312. The molecule has 2 aromatic rings. The Balaban J connectivity index is 2.13. The van der Waals surface area contributed by atoms with Crippen molar-refractivity contribution in [2.45, 2.75) is 6.42 Å². The SMILES string of the molecule is COc1cc(N)c(N(C)CCc2ccncc2)cc1OC. The Kier molecular flexibility index (Phi) is 4.87. The van der Waals surface area contributed by atoms with Gasteiger partial charge < -0.3 is 20.1 Å². The summed E-state index contributed by atoms with van der Waals surface area (Å²) in [7, 11) is 5.23. The third-order valence-corrected chi connectivity index (χ3v) is 3.43. The molecule has 0 aliphatic heterocycles. The quantitative estimate of drug-likeness (QED) is 0.826. The summed E-state index contributed by atoms with van der Waals surface area (Å²) in [6, 6.07) is 7.73. The van der Waals surface area contributed by atoms with Crippen LogP contribution in [-0.4, -0.2) is 32.8 Å². The molecule has 112 valence electrons. The second-order valence-corrected chi connectivity index (χ2v) is 4.79. The number of nitrogens with two attached hydrogens (primary N) is 1. The molecular formula is C16H21N3O2. The van der Waals surface area contributed by atoms with E-state index in [0.717, 1.165) is 18.7 Å². The Morgan fingerprint density at radius 3 is 2.33 bits per heavy atom. The van der Waals surface area contributed by atoms with E-state index in [0.29, 0.717) is 17.2 Å². The molecule has 0 unspecified atom stereocenters. The van der Waals surface area contributed by atoms with Crippen LogP contribution in [0.4, 0.5) is 11.4 Å². The summed E-state index contributed by atoms with van der Waals surface area (Å²) in [5.41, 5.74) is 8.95. The summed E-state index contributed by atoms with van der Waals surface area (Å²) >= 11 is 0. The lowest BCUT2D eigenvalue weighted by atomic mass is 10.1. The molecule has 0 radical (unpaired) electrons. The number of hydrogen-bond donors (Lipinski definition) is 1. The largest absolute Gasteiger partial charge is 0.493 e. The predicted molar refractivity (Wildman–Crippen MR) is 85.2 cm³/mol. The maximum atomic E-state index is 6.10. The highest BCUT2D eigenvalue weighted by atomic mass is 16.5. The maximum Gasteiger partial charge on any atom is 0.162 e. The minimum absolute atomic E-state index is 0.640. The zero-order valence-corrected chi connectivity index (χ0v) is 12.7. The van der Waals surface area contributed by atoms with E-state index >= 15 is 0 Å². The third-order valence-electron chi connectivity index (χ3n) is 3.43. The monoisotopic (exact) mass is 287 g/mol. The number of hydrogen-bond acceptors (Lipinski definition) is 5. The molecule has 21 heavy (non-hydrogen) atoms. The van der Waals surface area contributed by atoms with E-state index in [9.17, 15) is 0 Å². The standard InChI is InChI=1S/C16H21N3O2/c1-19(9-6-12-4-7-18-8-5-12)14-11-16(21-3)15(20-2)10-13(14)17/h4-5,7-8,10-11H,6,9,17H2,1-3H3. The van der Waals surface area contributed by atoms with Crippen LogP contribution < -0.4 is 20.1 Å². The number of methoxy groups -OCH3 is 2. The lowest BCUT2D eigenvalue weighted by Gasteiger charge is -2.22. The van der Waals surface area contributed by atoms with Crippen molar-refractivity contribution in [3.8, 4) is 11.5 Å². The van der Waals surface area contributed by atoms with Crippen LogP contribution in [0.5, 0.6) is 11.5 Å². The molecule has 0 saturated heterocycles. The first-order valence-corrected chi connectivity index (χ1v) is 6.77. The normalized spacial score (nSPS) is 10.2. The highest BCUT2D eigenvalue weighted by Gasteiger charge is 2.12. The molecule has 0 spiro atoms. The smallest absolute Gasteiger partial charge is 0.162 e. The van der Waals surface area contributed by atoms with E-state index < -0.39 is 0 Å². The first-order chi connectivity index (χ1) is 10.2. The molecular weight excluding hydrogens is 266 g/mol. The van der Waals surface area contributed by atoms with Crippen molar-refractivity contribution in [1.29, 1.82) is 0 Å². The van der Waals surface area contributed by atoms with Gasteiger partial charge in [-0.15, -0.1) is 0 Å². The zero-order valence-electron chi connectivity index (χ0n) is 12.7. The Morgan fingerprint density at radius 1 is 1.10 bits per heavy atom. The Bertz CT molecular complexity index is 588. The van der Waals surface area contributed by atoms with Gasteiger partial charge in [-0.3, -0.25) is 4.98 Å². The van der Waals surface area contributed by atoms with Gasteiger partial charge in [0.2, 0.25) is 0 Å². The number of pyridine rings is 1. The minimum Gasteiger partial charge on any atom is -0.493 e. The van der Waals surface area contributed by atoms with E-state index in [-0.39, 0.29) is 0 Å². The van der Waals surface area contributed by atoms with Gasteiger partial charge in [-0.1, -0.05) is 0 Å². The van der Waals surface area contributed by atoms with Gasteiger partial charge in [0.25, 0.3) is 0 Å². The van der Waals surface area contributed by atoms with Crippen molar-refractivity contribution in [3.63, 3.8) is 0 Å². The summed E-state index contributed by atoms with van der Waals surface area (Å²) in [5.74, 6) is 1.32. The van der Waals surface area contributed by atoms with Gasteiger partial charge in [0, 0.05) is 38.1 Å². The summed E-state index contributed by atoms with van der Waals surface area (Å²) in [6.07, 6.45) is 4.53. The van der Waals surface area contributed by atoms with Gasteiger partial charge >= 0.3 is 0 Å². The first-order valence-electron chi connectivity index (χ1n) is 6.77. The third kappa shape index (κ3) is 3.56. The van der Waals surface area contributed by atoms with E-state index in [1.165, 1.54) is 5.56 Å². The number of anilines is 2. The molecule has 0 fully saturated rings. The summed E-state index contributed by atoms with van der Waals surface area (Å²) in [4.78, 5) is 6.13. The van der Waals surface area contributed by atoms with Crippen LogP contribution in [0.15, 0.2) is 36.7 Å². The molecule has 5 heteroatoms. The number of rotatable bonds is 6. The van der Waals surface area contributed by atoms with Crippen molar-refractivity contribution in [2.24, 2.45) is 0 Å². The molecule has 1 aromatic carbocycles. The lowest BCUT2D eigenvalue weighted by Crippen LogP contribution is -2.21. The predicted octanol–water partition coefficient (Wildman–Crippen LogP) is 2.36. The minimum atomic E-state index is 0.640. The number of ether oxygens (including phenoxy) is 2. The van der Waals surface area contributed by atoms with Gasteiger partial charge in [-0.2, -0.15) is 0 Å². The van der Waals surface area contributed by atoms with Crippen LogP contribution in [0.25, 0.3) is 0 Å². The molecule has 0 amide bonds. The lowest BCUT2D eigenvalue weighted by molar-refractivity contribution is 0.355. The number of nitrogen functional groups attached to an aromatic ring is 1. The second kappa shape index (κ2) is 6.83. The number of benzene rings is 1. The average molecular weight is 287 g/mol. The Labute approximate surface area is 125 Å². The van der Waals surface area contributed by atoms with Gasteiger partial charge in [-0.05, 0) is 24.1 Å². The van der Waals surface area contributed by atoms with Crippen LogP contribution in [0, 0.1) is 0 Å². The molecule has 0 bridgehead atoms. The summed E-state index contributed by atoms with van der Waals surface area (Å²) < 4.78 is 10.6. The number of likely N-dealkylation sites (N-methyl/N-ethyl adjacent to an activating group) is 1. The van der Waals surface area contributed by atoms with Crippen molar-refractivity contribution >= 4 is 11.4 Å². The first kappa shape index (κ1) is 15.0. The maximum absolute atomic E-state index is 6.10. The van der Waals surface area contributed by atoms with Gasteiger partial charge in [0.1, 0.15) is 0 Å². The number of aromatic nitrogens is 1. The molecule has 0 saturated carbocycles. The fourth-order valence-electron chi connectivity index (χ4n) is 2.18. The molecule has 1 heterocycles. The van der Waals surface area contributed by atoms with Crippen LogP contribution in [0.2, 0.25) is 0 Å². The van der Waals surface area contributed by atoms with Crippen LogP contribution in [0.3, 0.4) is 0 Å². The van der Waals surface area contributed by atoms with Gasteiger partial charge in [-0.25, -0.2) is 0 Å². The van der Waals surface area contributed by atoms with Crippen molar-refractivity contribution in [1.82, 2.24) is 4.98 Å². The second-order valence-electron chi connectivity index (χ2n) is 4.79. The van der Waals surface area contributed by atoms with Crippen LogP contribution in [0.1, 0.15) is 5.56 Å². The molecule has 2 rings (SSSR count). The van der Waals surface area contributed by atoms with E-state index in [4.69, 9.17) is 15.2 Å². The molecule has 0 aliphatic rings. The fourth-order valence-corrected chi connectivity index (χ4v) is 2.18. The van der Waals surface area contributed by atoms with E-state index in [2.05, 4.69) is 9.88 Å². The highest BCUT2D eigenvalue weighted by molar-refractivity contribution is 5.73. The Morgan fingerprint density at radius 2 is 1.71 bits per heavy atom.